The van der Waals surface area contributed by atoms with E-state index in [1.807, 2.05) is 25.1 Å². The van der Waals surface area contributed by atoms with Crippen LogP contribution in [0.15, 0.2) is 50.8 Å². The number of oxime groups is 1. The lowest BCUT2D eigenvalue weighted by Gasteiger charge is -2.15. The zero-order valence-electron chi connectivity index (χ0n) is 16.4. The van der Waals surface area contributed by atoms with Crippen LogP contribution in [0.2, 0.25) is 0 Å². The average Bonchev–Trinajstić information content (AvgIpc) is 3.05. The second-order valence-corrected chi connectivity index (χ2v) is 6.90. The van der Waals surface area contributed by atoms with Crippen molar-refractivity contribution in [3.05, 3.63) is 62.5 Å². The average molecular weight is 462 g/mol. The van der Waals surface area contributed by atoms with Gasteiger partial charge in [-0.05, 0) is 63.6 Å². The molecule has 9 nitrogen and oxygen atoms in total. The summed E-state index contributed by atoms with van der Waals surface area (Å²) < 4.78 is 14.6. The normalized spacial score (nSPS) is 11.4. The number of rotatable bonds is 7. The van der Waals surface area contributed by atoms with Gasteiger partial charge < -0.3 is 14.3 Å². The monoisotopic (exact) mass is 461 g/mol. The summed E-state index contributed by atoms with van der Waals surface area (Å²) in [6.45, 7) is 2.01. The van der Waals surface area contributed by atoms with E-state index in [4.69, 9.17) is 14.3 Å². The van der Waals surface area contributed by atoms with Gasteiger partial charge >= 0.3 is 5.69 Å². The topological polar surface area (TPSA) is 92.8 Å². The number of tetrazole rings is 1. The van der Waals surface area contributed by atoms with Gasteiger partial charge in [-0.25, -0.2) is 4.79 Å². The Balaban J connectivity index is 1.92. The molecule has 29 heavy (non-hydrogen) atoms. The highest BCUT2D eigenvalue weighted by Crippen LogP contribution is 2.30. The quantitative estimate of drug-likeness (QED) is 0.396. The van der Waals surface area contributed by atoms with Crippen LogP contribution in [-0.4, -0.2) is 39.7 Å². The summed E-state index contributed by atoms with van der Waals surface area (Å²) in [4.78, 5) is 17.1. The Labute approximate surface area is 175 Å². The molecule has 3 rings (SSSR count). The number of aromatic nitrogens is 4. The second kappa shape index (κ2) is 8.91. The summed E-state index contributed by atoms with van der Waals surface area (Å²) in [5.74, 6) is 1.21. The van der Waals surface area contributed by atoms with E-state index in [1.165, 1.54) is 18.8 Å². The van der Waals surface area contributed by atoms with Crippen molar-refractivity contribution in [2.75, 3.05) is 14.2 Å². The Kier molecular flexibility index (Phi) is 6.32. The minimum absolute atomic E-state index is 0.158. The molecule has 0 amide bonds. The first-order valence-electron chi connectivity index (χ1n) is 8.62. The molecule has 0 spiro atoms. The Morgan fingerprint density at radius 1 is 1.17 bits per heavy atom. The van der Waals surface area contributed by atoms with Crippen LogP contribution in [0, 0.1) is 0 Å². The minimum atomic E-state index is -0.363. The van der Waals surface area contributed by atoms with Crippen LogP contribution in [0.1, 0.15) is 18.1 Å². The molecule has 0 N–H and O–H groups in total. The fraction of sp³-hybridized carbons (Fsp3) is 0.263. The van der Waals surface area contributed by atoms with Gasteiger partial charge in [-0.1, -0.05) is 11.2 Å². The Morgan fingerprint density at radius 2 is 1.97 bits per heavy atom. The van der Waals surface area contributed by atoms with Gasteiger partial charge in [-0.3, -0.25) is 0 Å². The third kappa shape index (κ3) is 4.32. The number of methoxy groups -OCH3 is 1. The van der Waals surface area contributed by atoms with E-state index >= 15 is 0 Å². The molecule has 0 aliphatic heterocycles. The van der Waals surface area contributed by atoms with Gasteiger partial charge in [-0.2, -0.15) is 9.36 Å². The second-order valence-electron chi connectivity index (χ2n) is 6.05. The van der Waals surface area contributed by atoms with Crippen molar-refractivity contribution in [1.82, 2.24) is 19.8 Å². The largest absolute Gasteiger partial charge is 0.496 e. The summed E-state index contributed by atoms with van der Waals surface area (Å²) in [7, 11) is 4.60. The van der Waals surface area contributed by atoms with Gasteiger partial charge in [0.1, 0.15) is 25.2 Å². The SMILES string of the molecule is CO/N=C(\C)c1ccc(OCc2c(OC)cccc2-n2nnn(C)c2=O)c(Br)c1. The summed E-state index contributed by atoms with van der Waals surface area (Å²) in [5.41, 5.74) is 2.49. The first kappa shape index (κ1) is 20.6. The Morgan fingerprint density at radius 3 is 2.59 bits per heavy atom. The van der Waals surface area contributed by atoms with Gasteiger partial charge in [0.05, 0.1) is 28.5 Å². The highest BCUT2D eigenvalue weighted by molar-refractivity contribution is 9.10. The van der Waals surface area contributed by atoms with Crippen LogP contribution in [0.5, 0.6) is 11.5 Å². The van der Waals surface area contributed by atoms with E-state index < -0.39 is 0 Å². The maximum Gasteiger partial charge on any atom is 0.368 e. The van der Waals surface area contributed by atoms with Crippen molar-refractivity contribution in [3.8, 4) is 17.2 Å². The third-order valence-electron chi connectivity index (χ3n) is 4.23. The van der Waals surface area contributed by atoms with Crippen LogP contribution in [0.4, 0.5) is 0 Å². The van der Waals surface area contributed by atoms with Gasteiger partial charge in [0.2, 0.25) is 0 Å². The van der Waals surface area contributed by atoms with Crippen molar-refractivity contribution in [2.45, 2.75) is 13.5 Å². The number of aryl methyl sites for hydroxylation is 1. The number of nitrogens with zero attached hydrogens (tertiary/aromatic N) is 5. The number of halogens is 1. The molecular formula is C19H20BrN5O4. The van der Waals surface area contributed by atoms with Gasteiger partial charge in [-0.15, -0.1) is 0 Å². The molecule has 0 bridgehead atoms. The summed E-state index contributed by atoms with van der Waals surface area (Å²) in [6.07, 6.45) is 0. The predicted octanol–water partition coefficient (Wildman–Crippen LogP) is 2.69. The van der Waals surface area contributed by atoms with E-state index in [9.17, 15) is 4.79 Å². The fourth-order valence-electron chi connectivity index (χ4n) is 2.74. The maximum atomic E-state index is 12.3. The first-order chi connectivity index (χ1) is 14.0. The standard InChI is InChI=1S/C19H20BrN5O4/c1-12(21-28-4)13-8-9-18(15(20)10-13)29-11-14-16(6-5-7-17(14)27-3)25-19(26)24(2)22-23-25/h5-10H,11H2,1-4H3/b21-12+. The molecule has 0 fully saturated rings. The molecule has 1 aromatic heterocycles. The zero-order chi connectivity index (χ0) is 21.0. The zero-order valence-corrected chi connectivity index (χ0v) is 18.0. The smallest absolute Gasteiger partial charge is 0.368 e. The molecule has 0 atom stereocenters. The van der Waals surface area contributed by atoms with Crippen LogP contribution in [0.3, 0.4) is 0 Å². The molecule has 0 aliphatic rings. The van der Waals surface area contributed by atoms with Crippen LogP contribution in [-0.2, 0) is 18.5 Å². The van der Waals surface area contributed by atoms with Crippen LogP contribution < -0.4 is 15.2 Å². The molecule has 2 aromatic carbocycles. The molecule has 3 aromatic rings. The fourth-order valence-corrected chi connectivity index (χ4v) is 3.23. The molecule has 0 aliphatic carbocycles. The predicted molar refractivity (Wildman–Crippen MR) is 111 cm³/mol. The molecule has 0 saturated heterocycles. The van der Waals surface area contributed by atoms with Gasteiger partial charge in [0.15, 0.2) is 0 Å². The summed E-state index contributed by atoms with van der Waals surface area (Å²) in [5, 5.41) is 11.6. The Hall–Kier alpha value is -3.14. The third-order valence-corrected chi connectivity index (χ3v) is 4.85. The van der Waals surface area contributed by atoms with Crippen molar-refractivity contribution >= 4 is 21.6 Å². The molecule has 0 radical (unpaired) electrons. The number of hydrogen-bond donors (Lipinski definition) is 0. The van der Waals surface area contributed by atoms with Crippen molar-refractivity contribution < 1.29 is 14.3 Å². The highest BCUT2D eigenvalue weighted by atomic mass is 79.9. The Bertz CT molecular complexity index is 1110. The van der Waals surface area contributed by atoms with E-state index in [-0.39, 0.29) is 12.3 Å². The van der Waals surface area contributed by atoms with Gasteiger partial charge in [0, 0.05) is 12.6 Å². The molecule has 152 valence electrons. The van der Waals surface area contributed by atoms with Gasteiger partial charge in [0.25, 0.3) is 0 Å². The van der Waals surface area contributed by atoms with Crippen molar-refractivity contribution in [3.63, 3.8) is 0 Å². The first-order valence-corrected chi connectivity index (χ1v) is 9.41. The number of hydrogen-bond acceptors (Lipinski definition) is 7. The van der Waals surface area contributed by atoms with E-state index in [1.54, 1.807) is 25.3 Å². The van der Waals surface area contributed by atoms with E-state index in [2.05, 4.69) is 31.5 Å². The van der Waals surface area contributed by atoms with Crippen molar-refractivity contribution in [1.29, 1.82) is 0 Å². The highest BCUT2D eigenvalue weighted by Gasteiger charge is 2.16. The van der Waals surface area contributed by atoms with Crippen molar-refractivity contribution in [2.24, 2.45) is 12.2 Å². The molecular weight excluding hydrogens is 442 g/mol. The molecule has 0 saturated carbocycles. The minimum Gasteiger partial charge on any atom is -0.496 e. The summed E-state index contributed by atoms with van der Waals surface area (Å²) in [6, 6.07) is 10.9. The lowest BCUT2D eigenvalue weighted by molar-refractivity contribution is 0.213. The molecule has 10 heteroatoms. The molecule has 1 heterocycles. The number of ether oxygens (including phenoxy) is 2. The number of benzene rings is 2. The summed E-state index contributed by atoms with van der Waals surface area (Å²) >= 11 is 3.52. The van der Waals surface area contributed by atoms with E-state index in [0.717, 1.165) is 20.4 Å². The molecule has 0 unspecified atom stereocenters. The lowest BCUT2D eigenvalue weighted by atomic mass is 10.1. The maximum absolute atomic E-state index is 12.3. The van der Waals surface area contributed by atoms with Crippen LogP contribution in [0.25, 0.3) is 5.69 Å². The lowest BCUT2D eigenvalue weighted by Crippen LogP contribution is -2.23. The van der Waals surface area contributed by atoms with E-state index in [0.29, 0.717) is 22.7 Å². The van der Waals surface area contributed by atoms with Crippen LogP contribution >= 0.6 is 15.9 Å².